The maximum Gasteiger partial charge on any atom is 0.324 e. The molecule has 9 heteroatoms. The van der Waals surface area contributed by atoms with Crippen LogP contribution in [0.2, 0.25) is 0 Å². The molecule has 2 rings (SSSR count). The SMILES string of the molecule is Cc1ccc(C(=O)Nc2ccc(S(=O)(=O)N[C@H](CO)C(=O)O)cc2)cc1. The number of sulfonamides is 1. The Morgan fingerprint density at radius 1 is 1.04 bits per heavy atom. The van der Waals surface area contributed by atoms with Gasteiger partial charge in [0.25, 0.3) is 5.91 Å². The van der Waals surface area contributed by atoms with Crippen LogP contribution in [0.15, 0.2) is 53.4 Å². The summed E-state index contributed by atoms with van der Waals surface area (Å²) >= 11 is 0. The fourth-order valence-electron chi connectivity index (χ4n) is 2.05. The number of carboxylic acids is 1. The molecule has 0 fully saturated rings. The molecule has 0 aliphatic heterocycles. The Kier molecular flexibility index (Phi) is 6.09. The number of aryl methyl sites for hydroxylation is 1. The first-order valence-electron chi connectivity index (χ1n) is 7.57. The number of nitrogens with one attached hydrogen (secondary N) is 2. The number of aliphatic carboxylic acids is 1. The fraction of sp³-hybridized carbons (Fsp3) is 0.176. The molecule has 0 spiro atoms. The summed E-state index contributed by atoms with van der Waals surface area (Å²) in [6.45, 7) is 1.03. The minimum Gasteiger partial charge on any atom is -0.480 e. The number of benzene rings is 2. The van der Waals surface area contributed by atoms with E-state index in [0.717, 1.165) is 5.56 Å². The number of carbonyl (C=O) groups excluding carboxylic acids is 1. The highest BCUT2D eigenvalue weighted by atomic mass is 32.2. The molecule has 4 N–H and O–H groups in total. The van der Waals surface area contributed by atoms with E-state index in [1.807, 2.05) is 11.6 Å². The lowest BCUT2D eigenvalue weighted by Crippen LogP contribution is -2.43. The van der Waals surface area contributed by atoms with Gasteiger partial charge in [-0.25, -0.2) is 8.42 Å². The standard InChI is InChI=1S/C17H18N2O6S/c1-11-2-4-12(5-3-11)16(21)18-13-6-8-14(9-7-13)26(24,25)19-15(10-20)17(22)23/h2-9,15,19-20H,10H2,1H3,(H,18,21)(H,22,23)/t15-/m1/s1. The molecule has 0 saturated heterocycles. The second-order valence-electron chi connectivity index (χ2n) is 5.54. The minimum atomic E-state index is -4.12. The Morgan fingerprint density at radius 2 is 1.62 bits per heavy atom. The zero-order valence-electron chi connectivity index (χ0n) is 13.8. The molecule has 138 valence electrons. The lowest BCUT2D eigenvalue weighted by molar-refractivity contribution is -0.139. The lowest BCUT2D eigenvalue weighted by Gasteiger charge is -2.12. The molecule has 0 radical (unpaired) electrons. The van der Waals surface area contributed by atoms with Crippen LogP contribution in [0.4, 0.5) is 5.69 Å². The van der Waals surface area contributed by atoms with Crippen LogP contribution in [0, 0.1) is 6.92 Å². The van der Waals surface area contributed by atoms with Gasteiger partial charge in [0.15, 0.2) is 0 Å². The molecule has 0 unspecified atom stereocenters. The van der Waals surface area contributed by atoms with E-state index in [0.29, 0.717) is 11.3 Å². The topological polar surface area (TPSA) is 133 Å². The van der Waals surface area contributed by atoms with E-state index >= 15 is 0 Å². The third kappa shape index (κ3) is 4.88. The van der Waals surface area contributed by atoms with E-state index in [-0.39, 0.29) is 10.8 Å². The number of rotatable bonds is 7. The summed E-state index contributed by atoms with van der Waals surface area (Å²) in [6, 6.07) is 10.5. The van der Waals surface area contributed by atoms with E-state index in [1.165, 1.54) is 24.3 Å². The van der Waals surface area contributed by atoms with E-state index in [9.17, 15) is 18.0 Å². The number of carbonyl (C=O) groups is 2. The van der Waals surface area contributed by atoms with Gasteiger partial charge in [0, 0.05) is 11.3 Å². The van der Waals surface area contributed by atoms with Gasteiger partial charge in [-0.05, 0) is 43.3 Å². The molecule has 0 bridgehead atoms. The molecular weight excluding hydrogens is 360 g/mol. The molecule has 1 atom stereocenters. The van der Waals surface area contributed by atoms with E-state index in [2.05, 4.69) is 5.32 Å². The predicted octanol–water partition coefficient (Wildman–Crippen LogP) is 0.971. The molecular formula is C17H18N2O6S. The maximum absolute atomic E-state index is 12.1. The molecule has 1 amide bonds. The number of aliphatic hydroxyl groups is 1. The Morgan fingerprint density at radius 3 is 2.12 bits per heavy atom. The van der Waals surface area contributed by atoms with Crippen molar-refractivity contribution in [2.75, 3.05) is 11.9 Å². The number of hydrogen-bond acceptors (Lipinski definition) is 5. The Bertz CT molecular complexity index is 892. The third-order valence-corrected chi connectivity index (χ3v) is 5.00. The van der Waals surface area contributed by atoms with Gasteiger partial charge in [0.1, 0.15) is 6.04 Å². The lowest BCUT2D eigenvalue weighted by atomic mass is 10.1. The summed E-state index contributed by atoms with van der Waals surface area (Å²) in [6.07, 6.45) is 0. The third-order valence-electron chi connectivity index (χ3n) is 3.51. The van der Waals surface area contributed by atoms with Crippen molar-refractivity contribution in [1.29, 1.82) is 0 Å². The van der Waals surface area contributed by atoms with Crippen molar-refractivity contribution in [3.05, 3.63) is 59.7 Å². The van der Waals surface area contributed by atoms with Crippen LogP contribution in [0.1, 0.15) is 15.9 Å². The molecule has 0 saturated carbocycles. The second-order valence-corrected chi connectivity index (χ2v) is 7.25. The summed E-state index contributed by atoms with van der Waals surface area (Å²) in [5.41, 5.74) is 1.86. The molecule has 0 aliphatic rings. The summed E-state index contributed by atoms with van der Waals surface area (Å²) in [5, 5.41) is 20.4. The van der Waals surface area contributed by atoms with Crippen LogP contribution in [0.25, 0.3) is 0 Å². The van der Waals surface area contributed by atoms with Crippen LogP contribution >= 0.6 is 0 Å². The summed E-state index contributed by atoms with van der Waals surface area (Å²) in [5.74, 6) is -1.83. The normalized spacial score (nSPS) is 12.4. The predicted molar refractivity (Wildman–Crippen MR) is 94.4 cm³/mol. The van der Waals surface area contributed by atoms with Crippen LogP contribution in [-0.4, -0.2) is 43.2 Å². The number of hydrogen-bond donors (Lipinski definition) is 4. The highest BCUT2D eigenvalue weighted by Gasteiger charge is 2.24. The minimum absolute atomic E-state index is 0.189. The van der Waals surface area contributed by atoms with Crippen molar-refractivity contribution in [3.8, 4) is 0 Å². The van der Waals surface area contributed by atoms with Crippen molar-refractivity contribution in [3.63, 3.8) is 0 Å². The van der Waals surface area contributed by atoms with Gasteiger partial charge in [-0.2, -0.15) is 4.72 Å². The van der Waals surface area contributed by atoms with E-state index in [1.54, 1.807) is 24.3 Å². The largest absolute Gasteiger partial charge is 0.480 e. The Labute approximate surface area is 150 Å². The van der Waals surface area contributed by atoms with E-state index in [4.69, 9.17) is 10.2 Å². The number of anilines is 1. The molecule has 0 aliphatic carbocycles. The zero-order chi connectivity index (χ0) is 19.3. The van der Waals surface area contributed by atoms with Gasteiger partial charge in [-0.15, -0.1) is 0 Å². The molecule has 0 heterocycles. The number of aliphatic hydroxyl groups excluding tert-OH is 1. The Balaban J connectivity index is 2.11. The average Bonchev–Trinajstić information content (AvgIpc) is 2.60. The smallest absolute Gasteiger partial charge is 0.324 e. The number of amides is 1. The highest BCUT2D eigenvalue weighted by Crippen LogP contribution is 2.15. The molecule has 26 heavy (non-hydrogen) atoms. The second kappa shape index (κ2) is 8.09. The first-order chi connectivity index (χ1) is 12.2. The average molecular weight is 378 g/mol. The maximum atomic E-state index is 12.1. The van der Waals surface area contributed by atoms with E-state index < -0.39 is 28.6 Å². The Hall–Kier alpha value is -2.75. The quantitative estimate of drug-likeness (QED) is 0.567. The van der Waals surface area contributed by atoms with Crippen molar-refractivity contribution in [2.45, 2.75) is 17.9 Å². The summed E-state index contributed by atoms with van der Waals surface area (Å²) < 4.78 is 26.1. The monoisotopic (exact) mass is 378 g/mol. The molecule has 8 nitrogen and oxygen atoms in total. The van der Waals surface area contributed by atoms with Crippen molar-refractivity contribution >= 4 is 27.6 Å². The van der Waals surface area contributed by atoms with Gasteiger partial charge in [-0.3, -0.25) is 9.59 Å². The van der Waals surface area contributed by atoms with Crippen LogP contribution in [0.3, 0.4) is 0 Å². The van der Waals surface area contributed by atoms with Gasteiger partial charge in [-0.1, -0.05) is 17.7 Å². The summed E-state index contributed by atoms with van der Waals surface area (Å²) in [4.78, 5) is 22.8. The molecule has 0 aromatic heterocycles. The summed E-state index contributed by atoms with van der Waals surface area (Å²) in [7, 11) is -4.12. The fourth-order valence-corrected chi connectivity index (χ4v) is 3.23. The van der Waals surface area contributed by atoms with Crippen LogP contribution in [0.5, 0.6) is 0 Å². The molecule has 2 aromatic carbocycles. The van der Waals surface area contributed by atoms with Crippen LogP contribution < -0.4 is 10.0 Å². The zero-order valence-corrected chi connectivity index (χ0v) is 14.7. The van der Waals surface area contributed by atoms with Crippen LogP contribution in [-0.2, 0) is 14.8 Å². The number of carboxylic acid groups (broad SMARTS) is 1. The molecule has 2 aromatic rings. The van der Waals surface area contributed by atoms with Gasteiger partial charge in [0.05, 0.1) is 11.5 Å². The van der Waals surface area contributed by atoms with Gasteiger partial charge >= 0.3 is 5.97 Å². The van der Waals surface area contributed by atoms with Crippen molar-refractivity contribution < 1.29 is 28.2 Å². The highest BCUT2D eigenvalue weighted by molar-refractivity contribution is 7.89. The van der Waals surface area contributed by atoms with Gasteiger partial charge in [0.2, 0.25) is 10.0 Å². The first kappa shape index (κ1) is 19.6. The van der Waals surface area contributed by atoms with Gasteiger partial charge < -0.3 is 15.5 Å². The first-order valence-corrected chi connectivity index (χ1v) is 9.05. The van der Waals surface area contributed by atoms with Crippen molar-refractivity contribution in [1.82, 2.24) is 4.72 Å². The van der Waals surface area contributed by atoms with Crippen molar-refractivity contribution in [2.24, 2.45) is 0 Å².